The van der Waals surface area contributed by atoms with Gasteiger partial charge >= 0.3 is 0 Å². The summed E-state index contributed by atoms with van der Waals surface area (Å²) in [6, 6.07) is 3.49. The molecule has 2 heterocycles. The minimum absolute atomic E-state index is 0.0848. The van der Waals surface area contributed by atoms with Gasteiger partial charge < -0.3 is 10.2 Å². The van der Waals surface area contributed by atoms with Crippen molar-refractivity contribution in [3.05, 3.63) is 35.5 Å². The largest absolute Gasteiger partial charge is 0.373 e. The van der Waals surface area contributed by atoms with Gasteiger partial charge in [0.05, 0.1) is 6.54 Å². The van der Waals surface area contributed by atoms with Crippen LogP contribution in [0.5, 0.6) is 0 Å². The van der Waals surface area contributed by atoms with Crippen LogP contribution < -0.4 is 5.32 Å². The van der Waals surface area contributed by atoms with Crippen molar-refractivity contribution in [2.24, 2.45) is 0 Å². The molecular formula is C12H16N6O. The second-order valence-corrected chi connectivity index (χ2v) is 4.23. The Kier molecular flexibility index (Phi) is 3.74. The van der Waals surface area contributed by atoms with Gasteiger partial charge in [-0.05, 0) is 19.1 Å². The number of carbonyl (C=O) groups is 1. The van der Waals surface area contributed by atoms with Crippen molar-refractivity contribution < 1.29 is 4.79 Å². The number of anilines is 1. The molecule has 0 fully saturated rings. The first-order valence-electron chi connectivity index (χ1n) is 5.86. The first kappa shape index (κ1) is 13.0. The first-order valence-corrected chi connectivity index (χ1v) is 5.86. The Hall–Kier alpha value is -2.44. The van der Waals surface area contributed by atoms with Gasteiger partial charge in [0.25, 0.3) is 5.91 Å². The summed E-state index contributed by atoms with van der Waals surface area (Å²) in [4.78, 5) is 22.1. The molecule has 2 aromatic heterocycles. The molecule has 19 heavy (non-hydrogen) atoms. The average Bonchev–Trinajstić information content (AvgIpc) is 2.89. The van der Waals surface area contributed by atoms with E-state index in [1.807, 2.05) is 6.92 Å². The smallest absolute Gasteiger partial charge is 0.254 e. The molecule has 0 bridgehead atoms. The van der Waals surface area contributed by atoms with E-state index in [9.17, 15) is 4.79 Å². The summed E-state index contributed by atoms with van der Waals surface area (Å²) in [6.07, 6.45) is 1.42. The van der Waals surface area contributed by atoms with Gasteiger partial charge in [0.1, 0.15) is 18.0 Å². The van der Waals surface area contributed by atoms with Crippen molar-refractivity contribution in [3.8, 4) is 0 Å². The highest BCUT2D eigenvalue weighted by atomic mass is 16.2. The van der Waals surface area contributed by atoms with E-state index in [2.05, 4.69) is 25.5 Å². The minimum atomic E-state index is -0.0848. The lowest BCUT2D eigenvalue weighted by molar-refractivity contribution is 0.0781. The number of pyridine rings is 1. The number of hydrogen-bond donors (Lipinski definition) is 2. The zero-order chi connectivity index (χ0) is 13.8. The topological polar surface area (TPSA) is 86.8 Å². The number of nitrogens with one attached hydrogen (secondary N) is 2. The molecule has 0 radical (unpaired) electrons. The molecule has 0 saturated carbocycles. The van der Waals surface area contributed by atoms with E-state index in [-0.39, 0.29) is 5.91 Å². The van der Waals surface area contributed by atoms with Crippen LogP contribution in [0.4, 0.5) is 5.82 Å². The van der Waals surface area contributed by atoms with Crippen LogP contribution >= 0.6 is 0 Å². The molecule has 0 saturated heterocycles. The molecular weight excluding hydrogens is 244 g/mol. The fraction of sp³-hybridized carbons (Fsp3) is 0.333. The van der Waals surface area contributed by atoms with E-state index in [0.29, 0.717) is 23.8 Å². The molecule has 0 atom stereocenters. The molecule has 2 N–H and O–H groups in total. The lowest BCUT2D eigenvalue weighted by Crippen LogP contribution is -2.27. The van der Waals surface area contributed by atoms with E-state index in [1.165, 1.54) is 6.33 Å². The van der Waals surface area contributed by atoms with Crippen molar-refractivity contribution in [1.29, 1.82) is 0 Å². The number of nitrogens with zero attached hydrogens (tertiary/aromatic N) is 4. The molecule has 0 aromatic carbocycles. The minimum Gasteiger partial charge on any atom is -0.373 e. The normalized spacial score (nSPS) is 10.3. The number of aromatic amines is 1. The van der Waals surface area contributed by atoms with Gasteiger partial charge in [0, 0.05) is 25.4 Å². The van der Waals surface area contributed by atoms with Crippen LogP contribution in [0.25, 0.3) is 0 Å². The SMILES string of the molecule is CNc1cc(C(=O)N(C)Cc2ncn[nH]2)cc(C)n1. The average molecular weight is 260 g/mol. The number of rotatable bonds is 4. The molecule has 2 aromatic rings. The fourth-order valence-corrected chi connectivity index (χ4v) is 1.74. The van der Waals surface area contributed by atoms with E-state index in [0.717, 1.165) is 5.69 Å². The highest BCUT2D eigenvalue weighted by Gasteiger charge is 2.14. The van der Waals surface area contributed by atoms with Crippen LogP contribution in [0.2, 0.25) is 0 Å². The molecule has 0 unspecified atom stereocenters. The van der Waals surface area contributed by atoms with E-state index >= 15 is 0 Å². The standard InChI is InChI=1S/C12H16N6O/c1-8-4-9(5-10(13-2)16-8)12(19)18(3)6-11-14-7-15-17-11/h4-5,7H,6H2,1-3H3,(H,13,16)(H,14,15,17). The Morgan fingerprint density at radius 3 is 2.89 bits per heavy atom. The van der Waals surface area contributed by atoms with Gasteiger partial charge in [0.2, 0.25) is 0 Å². The van der Waals surface area contributed by atoms with Gasteiger partial charge in [-0.15, -0.1) is 0 Å². The Balaban J connectivity index is 2.16. The van der Waals surface area contributed by atoms with Gasteiger partial charge in [-0.3, -0.25) is 9.89 Å². The highest BCUT2D eigenvalue weighted by molar-refractivity contribution is 5.94. The van der Waals surface area contributed by atoms with Crippen LogP contribution in [-0.4, -0.2) is 45.1 Å². The van der Waals surface area contributed by atoms with Gasteiger partial charge in [-0.2, -0.15) is 5.10 Å². The Morgan fingerprint density at radius 1 is 1.47 bits per heavy atom. The van der Waals surface area contributed by atoms with Gasteiger partial charge in [0.15, 0.2) is 0 Å². The summed E-state index contributed by atoms with van der Waals surface area (Å²) in [5.41, 5.74) is 1.39. The highest BCUT2D eigenvalue weighted by Crippen LogP contribution is 2.12. The van der Waals surface area contributed by atoms with Crippen LogP contribution in [0.3, 0.4) is 0 Å². The lowest BCUT2D eigenvalue weighted by Gasteiger charge is -2.16. The molecule has 7 nitrogen and oxygen atoms in total. The van der Waals surface area contributed by atoms with E-state index in [4.69, 9.17) is 0 Å². The number of H-pyrrole nitrogens is 1. The summed E-state index contributed by atoms with van der Waals surface area (Å²) in [5, 5.41) is 9.42. The molecule has 0 aliphatic rings. The summed E-state index contributed by atoms with van der Waals surface area (Å²) < 4.78 is 0. The number of carbonyl (C=O) groups excluding carboxylic acids is 1. The number of amides is 1. The van der Waals surface area contributed by atoms with Crippen molar-refractivity contribution in [2.75, 3.05) is 19.4 Å². The zero-order valence-electron chi connectivity index (χ0n) is 11.1. The third kappa shape index (κ3) is 3.06. The van der Waals surface area contributed by atoms with Gasteiger partial charge in [-0.25, -0.2) is 9.97 Å². The van der Waals surface area contributed by atoms with Crippen LogP contribution in [0.1, 0.15) is 21.9 Å². The van der Waals surface area contributed by atoms with Crippen molar-refractivity contribution >= 4 is 11.7 Å². The maximum Gasteiger partial charge on any atom is 0.254 e. The molecule has 0 spiro atoms. The molecule has 100 valence electrons. The number of hydrogen-bond acceptors (Lipinski definition) is 5. The second-order valence-electron chi connectivity index (χ2n) is 4.23. The molecule has 1 amide bonds. The number of aromatic nitrogens is 4. The first-order chi connectivity index (χ1) is 9.10. The quantitative estimate of drug-likeness (QED) is 0.850. The second kappa shape index (κ2) is 5.47. The Bertz CT molecular complexity index is 566. The summed E-state index contributed by atoms with van der Waals surface area (Å²) in [5.74, 6) is 1.24. The lowest BCUT2D eigenvalue weighted by atomic mass is 10.2. The van der Waals surface area contributed by atoms with Crippen molar-refractivity contribution in [3.63, 3.8) is 0 Å². The molecule has 0 aliphatic carbocycles. The van der Waals surface area contributed by atoms with Gasteiger partial charge in [-0.1, -0.05) is 0 Å². The maximum absolute atomic E-state index is 12.3. The predicted molar refractivity (Wildman–Crippen MR) is 70.7 cm³/mol. The third-order valence-electron chi connectivity index (χ3n) is 2.66. The maximum atomic E-state index is 12.3. The Morgan fingerprint density at radius 2 is 2.26 bits per heavy atom. The Labute approximate surface area is 111 Å². The molecule has 2 rings (SSSR count). The van der Waals surface area contributed by atoms with E-state index in [1.54, 1.807) is 31.1 Å². The third-order valence-corrected chi connectivity index (χ3v) is 2.66. The van der Waals surface area contributed by atoms with Crippen molar-refractivity contribution in [1.82, 2.24) is 25.1 Å². The van der Waals surface area contributed by atoms with E-state index < -0.39 is 0 Å². The zero-order valence-corrected chi connectivity index (χ0v) is 11.1. The fourth-order valence-electron chi connectivity index (χ4n) is 1.74. The van der Waals surface area contributed by atoms with Crippen LogP contribution in [0.15, 0.2) is 18.5 Å². The molecule has 0 aliphatic heterocycles. The monoisotopic (exact) mass is 260 g/mol. The summed E-state index contributed by atoms with van der Waals surface area (Å²) in [6.45, 7) is 2.24. The van der Waals surface area contributed by atoms with Crippen molar-refractivity contribution in [2.45, 2.75) is 13.5 Å². The number of aryl methyl sites for hydroxylation is 1. The predicted octanol–water partition coefficient (Wildman–Crippen LogP) is 0.822. The molecule has 7 heteroatoms. The van der Waals surface area contributed by atoms with Crippen LogP contribution in [0, 0.1) is 6.92 Å². The summed E-state index contributed by atoms with van der Waals surface area (Å²) in [7, 11) is 3.49. The van der Waals surface area contributed by atoms with Crippen LogP contribution in [-0.2, 0) is 6.54 Å². The summed E-state index contributed by atoms with van der Waals surface area (Å²) >= 11 is 0.